The molecule has 13 heteroatoms. The molecule has 0 aliphatic carbocycles. The molecular formula is C28H23N5O7S. The number of rotatable bonds is 10. The van der Waals surface area contributed by atoms with Crippen LogP contribution in [0.15, 0.2) is 82.3 Å². The molecule has 4 rings (SSSR count). The molecule has 0 saturated heterocycles. The molecule has 0 aliphatic heterocycles. The van der Waals surface area contributed by atoms with Gasteiger partial charge in [0.15, 0.2) is 5.96 Å². The molecule has 0 radical (unpaired) electrons. The number of carbonyl (C=O) groups excluding carboxylic acids is 3. The molecule has 0 fully saturated rings. The van der Waals surface area contributed by atoms with E-state index in [2.05, 4.69) is 10.2 Å². The monoisotopic (exact) mass is 573 g/mol. The van der Waals surface area contributed by atoms with Gasteiger partial charge in [-0.2, -0.15) is 0 Å². The van der Waals surface area contributed by atoms with E-state index in [4.69, 9.17) is 21.3 Å². The number of nitrogens with zero attached hydrogens (tertiary/aromatic N) is 3. The summed E-state index contributed by atoms with van der Waals surface area (Å²) in [6.07, 6.45) is -0.152. The van der Waals surface area contributed by atoms with Gasteiger partial charge >= 0.3 is 17.8 Å². The van der Waals surface area contributed by atoms with Gasteiger partial charge in [0.25, 0.3) is 5.91 Å². The van der Waals surface area contributed by atoms with E-state index < -0.39 is 30.3 Å². The second-order valence-corrected chi connectivity index (χ2v) is 9.72. The zero-order chi connectivity index (χ0) is 29.5. The molecular weight excluding hydrogens is 550 g/mol. The van der Waals surface area contributed by atoms with Gasteiger partial charge < -0.3 is 26.2 Å². The zero-order valence-electron chi connectivity index (χ0n) is 21.4. The van der Waals surface area contributed by atoms with Crippen molar-refractivity contribution in [2.45, 2.75) is 13.0 Å². The molecule has 12 nitrogen and oxygen atoms in total. The number of ether oxygens (including phenoxy) is 1. The Morgan fingerprint density at radius 3 is 2.24 bits per heavy atom. The molecule has 0 bridgehead atoms. The number of guanidine groups is 1. The lowest BCUT2D eigenvalue weighted by molar-refractivity contribution is -0.136. The number of benzene rings is 3. The Hall–Kier alpha value is -5.43. The number of hydrogen-bond donors (Lipinski definition) is 3. The van der Waals surface area contributed by atoms with Gasteiger partial charge in [0.1, 0.15) is 12.3 Å². The highest BCUT2D eigenvalue weighted by Crippen LogP contribution is 2.31. The Bertz CT molecular complexity index is 1660. The van der Waals surface area contributed by atoms with Crippen LogP contribution < -0.4 is 16.2 Å². The first-order valence-corrected chi connectivity index (χ1v) is 12.9. The fraction of sp³-hybridized carbons (Fsp3) is 0.107. The van der Waals surface area contributed by atoms with Gasteiger partial charge in [-0.1, -0.05) is 24.3 Å². The van der Waals surface area contributed by atoms with Crippen LogP contribution in [0.3, 0.4) is 0 Å². The molecule has 1 heterocycles. The van der Waals surface area contributed by atoms with Gasteiger partial charge in [-0.05, 0) is 53.6 Å². The van der Waals surface area contributed by atoms with Crippen LogP contribution in [0.1, 0.15) is 31.8 Å². The lowest BCUT2D eigenvalue weighted by Crippen LogP contribution is -2.34. The van der Waals surface area contributed by atoms with Crippen LogP contribution in [0.4, 0.5) is 5.69 Å². The molecule has 0 saturated carbocycles. The van der Waals surface area contributed by atoms with Crippen LogP contribution in [0.5, 0.6) is 5.75 Å². The van der Waals surface area contributed by atoms with Crippen molar-refractivity contribution in [3.8, 4) is 5.75 Å². The van der Waals surface area contributed by atoms with Gasteiger partial charge in [0.05, 0.1) is 23.2 Å². The lowest BCUT2D eigenvalue weighted by Gasteiger charge is -2.21. The van der Waals surface area contributed by atoms with Crippen LogP contribution in [0.25, 0.3) is 10.1 Å². The maximum atomic E-state index is 13.5. The summed E-state index contributed by atoms with van der Waals surface area (Å²) in [5.41, 5.74) is 13.0. The summed E-state index contributed by atoms with van der Waals surface area (Å²) in [6.45, 7) is -0.545. The average Bonchev–Trinajstić information content (AvgIpc) is 3.36. The minimum atomic E-state index is -1.01. The summed E-state index contributed by atoms with van der Waals surface area (Å²) >= 11 is 1.24. The van der Waals surface area contributed by atoms with Crippen molar-refractivity contribution in [3.05, 3.63) is 99.3 Å². The third-order valence-corrected chi connectivity index (χ3v) is 6.76. The number of nitrogens with two attached hydrogens (primary N) is 2. The number of amides is 2. The van der Waals surface area contributed by atoms with Gasteiger partial charge in [-0.15, -0.1) is 16.2 Å². The Kier molecular flexibility index (Phi) is 8.79. The Balaban J connectivity index is 1.52. The first-order valence-electron chi connectivity index (χ1n) is 12.0. The van der Waals surface area contributed by atoms with Crippen LogP contribution in [0, 0.1) is 4.91 Å². The Morgan fingerprint density at radius 1 is 0.927 bits per heavy atom. The number of nitroso groups, excluding NO2 is 1. The van der Waals surface area contributed by atoms with Crippen LogP contribution in [0.2, 0.25) is 0 Å². The molecule has 2 amide bonds. The number of thiophene rings is 1. The minimum Gasteiger partial charge on any atom is -0.481 e. The SMILES string of the molecule is NC(N)=Nc1ccc(C(=O)Oc2ccc3c(C(=O)N(CC(=O)N=O)Cc4ccc(CC(=O)O)cc4)csc3c2)cc1. The van der Waals surface area contributed by atoms with E-state index in [0.29, 0.717) is 32.5 Å². The summed E-state index contributed by atoms with van der Waals surface area (Å²) in [6, 6.07) is 17.5. The second-order valence-electron chi connectivity index (χ2n) is 8.81. The molecule has 0 atom stereocenters. The molecule has 5 N–H and O–H groups in total. The summed E-state index contributed by atoms with van der Waals surface area (Å²) < 4.78 is 6.14. The van der Waals surface area contributed by atoms with Crippen molar-refractivity contribution >= 4 is 56.8 Å². The summed E-state index contributed by atoms with van der Waals surface area (Å²) in [5.74, 6) is -2.94. The van der Waals surface area contributed by atoms with Crippen molar-refractivity contribution in [1.82, 2.24) is 4.90 Å². The van der Waals surface area contributed by atoms with E-state index >= 15 is 0 Å². The fourth-order valence-corrected chi connectivity index (χ4v) is 4.91. The smallest absolute Gasteiger partial charge is 0.343 e. The van der Waals surface area contributed by atoms with E-state index in [-0.39, 0.29) is 30.2 Å². The topological polar surface area (TPSA) is 195 Å². The largest absolute Gasteiger partial charge is 0.481 e. The molecule has 208 valence electrons. The molecule has 3 aromatic carbocycles. The van der Waals surface area contributed by atoms with E-state index in [1.165, 1.54) is 28.4 Å². The number of esters is 1. The molecule has 41 heavy (non-hydrogen) atoms. The Morgan fingerprint density at radius 2 is 1.61 bits per heavy atom. The van der Waals surface area contributed by atoms with E-state index in [0.717, 1.165) is 0 Å². The maximum absolute atomic E-state index is 13.5. The van der Waals surface area contributed by atoms with Crippen LogP contribution in [-0.2, 0) is 22.6 Å². The van der Waals surface area contributed by atoms with Crippen molar-refractivity contribution in [2.24, 2.45) is 21.6 Å². The Labute approximate surface area is 236 Å². The maximum Gasteiger partial charge on any atom is 0.343 e. The van der Waals surface area contributed by atoms with Gasteiger partial charge in [-0.3, -0.25) is 14.4 Å². The summed E-state index contributed by atoms with van der Waals surface area (Å²) in [4.78, 5) is 64.8. The van der Waals surface area contributed by atoms with Crippen LogP contribution in [-0.4, -0.2) is 46.3 Å². The van der Waals surface area contributed by atoms with Crippen molar-refractivity contribution in [1.29, 1.82) is 0 Å². The van der Waals surface area contributed by atoms with Crippen molar-refractivity contribution in [2.75, 3.05) is 6.54 Å². The summed E-state index contributed by atoms with van der Waals surface area (Å²) in [7, 11) is 0. The van der Waals surface area contributed by atoms with Gasteiger partial charge in [0.2, 0.25) is 0 Å². The number of aliphatic carboxylic acids is 1. The molecule has 1 aromatic heterocycles. The second kappa shape index (κ2) is 12.6. The van der Waals surface area contributed by atoms with E-state index in [1.54, 1.807) is 60.0 Å². The van der Waals surface area contributed by atoms with E-state index in [1.807, 2.05) is 0 Å². The predicted molar refractivity (Wildman–Crippen MR) is 152 cm³/mol. The molecule has 0 unspecified atom stereocenters. The zero-order valence-corrected chi connectivity index (χ0v) is 22.2. The first kappa shape index (κ1) is 28.6. The average molecular weight is 574 g/mol. The van der Waals surface area contributed by atoms with Crippen molar-refractivity contribution in [3.63, 3.8) is 0 Å². The molecule has 0 spiro atoms. The highest BCUT2D eigenvalue weighted by Gasteiger charge is 2.23. The van der Waals surface area contributed by atoms with Gasteiger partial charge in [-0.25, -0.2) is 9.79 Å². The predicted octanol–water partition coefficient (Wildman–Crippen LogP) is 3.59. The standard InChI is InChI=1S/C28H23N5O7S/c29-28(30)31-19-7-5-18(6-8-19)27(38)40-20-9-10-21-22(15-41-23(21)12-20)26(37)33(14-24(34)32-39)13-17-3-1-16(2-4-17)11-25(35)36/h1-10,12,15H,11,13-14H2,(H,35,36)(H4,29,30,31). The third kappa shape index (κ3) is 7.36. The number of hydrogen-bond acceptors (Lipinski definition) is 8. The number of carboxylic acid groups (broad SMARTS) is 1. The van der Waals surface area contributed by atoms with Crippen LogP contribution >= 0.6 is 11.3 Å². The summed E-state index contributed by atoms with van der Waals surface area (Å²) in [5, 5.41) is 13.5. The molecule has 0 aliphatic rings. The first-order chi connectivity index (χ1) is 19.6. The number of aliphatic imine (C=N–C) groups is 1. The van der Waals surface area contributed by atoms with E-state index in [9.17, 15) is 24.1 Å². The third-order valence-electron chi connectivity index (χ3n) is 5.82. The number of carbonyl (C=O) groups is 4. The normalized spacial score (nSPS) is 10.5. The number of carboxylic acids is 1. The lowest BCUT2D eigenvalue weighted by atomic mass is 10.1. The molecule has 4 aromatic rings. The van der Waals surface area contributed by atoms with Gasteiger partial charge in [0, 0.05) is 27.2 Å². The highest BCUT2D eigenvalue weighted by atomic mass is 32.1. The minimum absolute atomic E-state index is 0.0115. The quantitative estimate of drug-likeness (QED) is 0.0835. The number of fused-ring (bicyclic) bond motifs is 1. The highest BCUT2D eigenvalue weighted by molar-refractivity contribution is 7.17. The van der Waals surface area contributed by atoms with Crippen molar-refractivity contribution < 1.29 is 29.0 Å². The fourth-order valence-electron chi connectivity index (χ4n) is 3.94.